The van der Waals surface area contributed by atoms with E-state index in [9.17, 15) is 4.79 Å². The lowest BCUT2D eigenvalue weighted by Crippen LogP contribution is -2.30. The maximum absolute atomic E-state index is 12.9. The molecule has 1 aliphatic carbocycles. The van der Waals surface area contributed by atoms with Gasteiger partial charge in [-0.3, -0.25) is 9.98 Å². The first-order valence-electron chi connectivity index (χ1n) is 13.3. The Hall–Kier alpha value is -2.87. The molecule has 0 amide bonds. The second-order valence-electron chi connectivity index (χ2n) is 10.4. The van der Waals surface area contributed by atoms with Crippen LogP contribution < -0.4 is 26.8 Å². The molecule has 8 heteroatoms. The molecule has 0 spiro atoms. The Labute approximate surface area is 207 Å². The van der Waals surface area contributed by atoms with Crippen LogP contribution in [0.15, 0.2) is 29.2 Å². The normalized spacial score (nSPS) is 21.9. The zero-order chi connectivity index (χ0) is 24.2. The molecular formula is C27H38N6O2. The summed E-state index contributed by atoms with van der Waals surface area (Å²) in [6.07, 6.45) is 13.7. The summed E-state index contributed by atoms with van der Waals surface area (Å²) in [5, 5.41) is 14.1. The standard InChI is InChI=1S/C27H38N6O2/c28-25(29)5-3-1-2-4-18-6-9-21(10-7-18)33-17-24-26(32-27(33)34)31-22-16-20(8-11-23(22)35-24)19-12-14-30-15-13-19/h8,11,16-19,21,30H,1-7,9-10,12-15H2,(H3,28,29)(H,31,32,34). The van der Waals surface area contributed by atoms with Gasteiger partial charge in [0.25, 0.3) is 0 Å². The number of hydrogen-bond acceptors (Lipinski definition) is 6. The van der Waals surface area contributed by atoms with Gasteiger partial charge in [0.15, 0.2) is 17.3 Å². The SMILES string of the molecule is N=C(N)CCCCCC1CCC(n2cc3c(nc2=O)Nc2cc(C4CCNCC4)ccc2O3)CC1. The fraction of sp³-hybridized carbons (Fsp3) is 0.593. The number of ether oxygens (including phenoxy) is 1. The van der Waals surface area contributed by atoms with Gasteiger partial charge < -0.3 is 21.1 Å². The first kappa shape index (κ1) is 23.9. The molecule has 3 aliphatic rings. The van der Waals surface area contributed by atoms with E-state index >= 15 is 0 Å². The van der Waals surface area contributed by atoms with E-state index < -0.39 is 0 Å². The van der Waals surface area contributed by atoms with Crippen LogP contribution in [0, 0.1) is 11.3 Å². The third-order valence-corrected chi connectivity index (χ3v) is 7.97. The molecule has 8 nitrogen and oxygen atoms in total. The molecule has 188 valence electrons. The van der Waals surface area contributed by atoms with E-state index in [4.69, 9.17) is 15.9 Å². The summed E-state index contributed by atoms with van der Waals surface area (Å²) in [6.45, 7) is 2.11. The van der Waals surface area contributed by atoms with Gasteiger partial charge in [0.1, 0.15) is 0 Å². The number of amidine groups is 1. The molecule has 1 aromatic heterocycles. The Balaban J connectivity index is 1.19. The van der Waals surface area contributed by atoms with Crippen molar-refractivity contribution in [3.63, 3.8) is 0 Å². The van der Waals surface area contributed by atoms with E-state index in [-0.39, 0.29) is 11.7 Å². The van der Waals surface area contributed by atoms with Crippen LogP contribution >= 0.6 is 0 Å². The highest BCUT2D eigenvalue weighted by Gasteiger charge is 2.27. The van der Waals surface area contributed by atoms with E-state index in [1.165, 1.54) is 18.4 Å². The molecule has 1 saturated carbocycles. The number of fused-ring (bicyclic) bond motifs is 2. The van der Waals surface area contributed by atoms with Crippen molar-refractivity contribution in [1.29, 1.82) is 5.41 Å². The Morgan fingerprint density at radius 2 is 1.89 bits per heavy atom. The molecule has 2 fully saturated rings. The van der Waals surface area contributed by atoms with Gasteiger partial charge in [-0.25, -0.2) is 4.79 Å². The second kappa shape index (κ2) is 10.8. The van der Waals surface area contributed by atoms with Crippen molar-refractivity contribution in [3.8, 4) is 11.5 Å². The van der Waals surface area contributed by atoms with Crippen LogP contribution in [0.25, 0.3) is 0 Å². The number of nitrogens with two attached hydrogens (primary N) is 1. The predicted molar refractivity (Wildman–Crippen MR) is 139 cm³/mol. The molecule has 1 aromatic carbocycles. The number of hydrogen-bond donors (Lipinski definition) is 4. The summed E-state index contributed by atoms with van der Waals surface area (Å²) in [4.78, 5) is 17.3. The van der Waals surface area contributed by atoms with Gasteiger partial charge in [-0.1, -0.05) is 25.3 Å². The van der Waals surface area contributed by atoms with Crippen molar-refractivity contribution in [3.05, 3.63) is 40.4 Å². The molecule has 3 heterocycles. The summed E-state index contributed by atoms with van der Waals surface area (Å²) in [6, 6.07) is 6.55. The molecule has 35 heavy (non-hydrogen) atoms. The molecule has 0 unspecified atom stereocenters. The minimum atomic E-state index is -0.203. The van der Waals surface area contributed by atoms with Crippen LogP contribution in [0.4, 0.5) is 11.5 Å². The predicted octanol–water partition coefficient (Wildman–Crippen LogP) is 5.18. The van der Waals surface area contributed by atoms with Gasteiger partial charge in [-0.15, -0.1) is 0 Å². The Morgan fingerprint density at radius 3 is 2.66 bits per heavy atom. The first-order chi connectivity index (χ1) is 17.1. The largest absolute Gasteiger partial charge is 0.450 e. The first-order valence-corrected chi connectivity index (χ1v) is 13.3. The summed E-state index contributed by atoms with van der Waals surface area (Å²) < 4.78 is 7.99. The smallest absolute Gasteiger partial charge is 0.350 e. The minimum absolute atomic E-state index is 0.182. The number of aromatic nitrogens is 2. The van der Waals surface area contributed by atoms with Crippen LogP contribution in [0.2, 0.25) is 0 Å². The lowest BCUT2D eigenvalue weighted by Gasteiger charge is -2.30. The highest BCUT2D eigenvalue weighted by Crippen LogP contribution is 2.43. The monoisotopic (exact) mass is 478 g/mol. The van der Waals surface area contributed by atoms with Crippen LogP contribution in [0.1, 0.15) is 88.2 Å². The summed E-state index contributed by atoms with van der Waals surface area (Å²) in [7, 11) is 0. The lowest BCUT2D eigenvalue weighted by atomic mass is 9.83. The third-order valence-electron chi connectivity index (χ3n) is 7.97. The zero-order valence-corrected chi connectivity index (χ0v) is 20.5. The number of rotatable bonds is 8. The maximum Gasteiger partial charge on any atom is 0.350 e. The van der Waals surface area contributed by atoms with Crippen LogP contribution in [-0.2, 0) is 0 Å². The number of anilines is 2. The average Bonchev–Trinajstić information content (AvgIpc) is 2.87. The van der Waals surface area contributed by atoms with Crippen molar-refractivity contribution < 1.29 is 4.74 Å². The van der Waals surface area contributed by atoms with Crippen LogP contribution in [0.3, 0.4) is 0 Å². The van der Waals surface area contributed by atoms with Crippen molar-refractivity contribution in [1.82, 2.24) is 14.9 Å². The highest BCUT2D eigenvalue weighted by molar-refractivity contribution is 5.76. The Kier molecular flexibility index (Phi) is 7.37. The second-order valence-corrected chi connectivity index (χ2v) is 10.4. The van der Waals surface area contributed by atoms with Crippen molar-refractivity contribution in [2.45, 2.75) is 82.6 Å². The Morgan fingerprint density at radius 1 is 1.09 bits per heavy atom. The summed E-state index contributed by atoms with van der Waals surface area (Å²) >= 11 is 0. The van der Waals surface area contributed by atoms with E-state index in [0.717, 1.165) is 81.8 Å². The fourth-order valence-electron chi connectivity index (χ4n) is 5.90. The lowest BCUT2D eigenvalue weighted by molar-refractivity contribution is 0.252. The molecule has 2 aliphatic heterocycles. The molecule has 5 rings (SSSR count). The van der Waals surface area contributed by atoms with Crippen LogP contribution in [0.5, 0.6) is 11.5 Å². The number of nitrogens with zero attached hydrogens (tertiary/aromatic N) is 2. The van der Waals surface area contributed by atoms with Gasteiger partial charge in [-0.2, -0.15) is 4.98 Å². The van der Waals surface area contributed by atoms with Gasteiger partial charge in [0.2, 0.25) is 0 Å². The Bertz CT molecular complexity index is 1100. The van der Waals surface area contributed by atoms with Gasteiger partial charge in [0.05, 0.1) is 17.7 Å². The van der Waals surface area contributed by atoms with Crippen molar-refractivity contribution >= 4 is 17.3 Å². The fourth-order valence-corrected chi connectivity index (χ4v) is 5.90. The molecule has 2 aromatic rings. The highest BCUT2D eigenvalue weighted by atomic mass is 16.5. The average molecular weight is 479 g/mol. The van der Waals surface area contributed by atoms with Gasteiger partial charge in [0, 0.05) is 12.5 Å². The summed E-state index contributed by atoms with van der Waals surface area (Å²) in [5.74, 6) is 3.50. The quantitative estimate of drug-likeness (QED) is 0.201. The van der Waals surface area contributed by atoms with Gasteiger partial charge in [-0.05, 0) is 87.6 Å². The maximum atomic E-state index is 12.9. The van der Waals surface area contributed by atoms with Gasteiger partial charge >= 0.3 is 5.69 Å². The van der Waals surface area contributed by atoms with Crippen molar-refractivity contribution in [2.75, 3.05) is 18.4 Å². The number of unbranched alkanes of at least 4 members (excludes halogenated alkanes) is 2. The van der Waals surface area contributed by atoms with E-state index in [1.807, 2.05) is 12.3 Å². The van der Waals surface area contributed by atoms with E-state index in [1.54, 1.807) is 4.57 Å². The topological polar surface area (TPSA) is 118 Å². The van der Waals surface area contributed by atoms with Crippen LogP contribution in [-0.4, -0.2) is 28.5 Å². The number of nitrogens with one attached hydrogen (secondary N) is 3. The molecule has 0 atom stereocenters. The molecule has 1 saturated heterocycles. The number of benzene rings is 1. The van der Waals surface area contributed by atoms with Crippen molar-refractivity contribution in [2.24, 2.45) is 11.7 Å². The van der Waals surface area contributed by atoms with E-state index in [0.29, 0.717) is 29.7 Å². The number of piperidine rings is 1. The molecular weight excluding hydrogens is 440 g/mol. The molecule has 5 N–H and O–H groups in total. The summed E-state index contributed by atoms with van der Waals surface area (Å²) in [5.41, 5.74) is 7.44. The third kappa shape index (κ3) is 5.69. The van der Waals surface area contributed by atoms with E-state index in [2.05, 4.69) is 27.8 Å². The molecule has 0 bridgehead atoms. The minimum Gasteiger partial charge on any atom is -0.450 e. The molecule has 0 radical (unpaired) electrons. The zero-order valence-electron chi connectivity index (χ0n) is 20.5.